The number of hydrogen-bond acceptors (Lipinski definition) is 7. The molecule has 1 aromatic carbocycles. The molecular weight excluding hydrogens is 612 g/mol. The van der Waals surface area contributed by atoms with Gasteiger partial charge >= 0.3 is 12.1 Å². The van der Waals surface area contributed by atoms with Gasteiger partial charge in [0.25, 0.3) is 10.0 Å². The van der Waals surface area contributed by atoms with Gasteiger partial charge in [0.15, 0.2) is 5.03 Å². The van der Waals surface area contributed by atoms with Gasteiger partial charge in [-0.3, -0.25) is 0 Å². The lowest BCUT2D eigenvalue weighted by Gasteiger charge is -2.37. The molecule has 41 heavy (non-hydrogen) atoms. The number of benzene rings is 1. The van der Waals surface area contributed by atoms with Gasteiger partial charge in [0, 0.05) is 17.2 Å². The average molecular weight is 648 g/mol. The number of rotatable bonds is 9. The number of sulfonamides is 1. The Morgan fingerprint density at radius 2 is 1.61 bits per heavy atom. The van der Waals surface area contributed by atoms with Crippen molar-refractivity contribution in [1.29, 1.82) is 0 Å². The van der Waals surface area contributed by atoms with Crippen molar-refractivity contribution in [3.8, 4) is 0 Å². The van der Waals surface area contributed by atoms with Gasteiger partial charge in [0.2, 0.25) is 0 Å². The smallest absolute Gasteiger partial charge is 0.416 e. The fourth-order valence-electron chi connectivity index (χ4n) is 4.03. The standard InChI is InChI=1S/C29H35BrN4O6S/c1-28(2,3)25(26(35)36)34(27(37)40-29(4,5)6)23-11-9-10-22(32-23)19-33(18-20-13-15-21(30)16-14-20)41(38,39)24-12-7-8-17-31-24/h7-17,25H,18-19H2,1-6H3,(H,35,36). The maximum Gasteiger partial charge on any atom is 0.416 e. The fraction of sp³-hybridized carbons (Fsp3) is 0.379. The van der Waals surface area contributed by atoms with E-state index in [4.69, 9.17) is 4.74 Å². The van der Waals surface area contributed by atoms with Gasteiger partial charge in [-0.2, -0.15) is 4.31 Å². The van der Waals surface area contributed by atoms with Crippen LogP contribution in [0.15, 0.2) is 76.4 Å². The number of nitrogens with zero attached hydrogens (tertiary/aromatic N) is 4. The number of pyridine rings is 2. The van der Waals surface area contributed by atoms with Gasteiger partial charge in [0.1, 0.15) is 17.5 Å². The first kappa shape index (κ1) is 32.2. The fourth-order valence-corrected chi connectivity index (χ4v) is 5.63. The number of aliphatic carboxylic acids is 1. The summed E-state index contributed by atoms with van der Waals surface area (Å²) < 4.78 is 35.0. The van der Waals surface area contributed by atoms with E-state index in [1.807, 2.05) is 12.1 Å². The summed E-state index contributed by atoms with van der Waals surface area (Å²) in [6.07, 6.45) is 0.526. The van der Waals surface area contributed by atoms with Gasteiger partial charge in [0.05, 0.1) is 12.2 Å². The average Bonchev–Trinajstić information content (AvgIpc) is 2.86. The third-order valence-electron chi connectivity index (χ3n) is 5.79. The van der Waals surface area contributed by atoms with E-state index in [0.29, 0.717) is 5.69 Å². The SMILES string of the molecule is CC(C)(C)OC(=O)N(c1cccc(CN(Cc2ccc(Br)cc2)S(=O)(=O)c2ccccn2)n1)C(C(=O)O)C(C)(C)C. The van der Waals surface area contributed by atoms with Crippen LogP contribution < -0.4 is 4.90 Å². The molecule has 0 aliphatic heterocycles. The lowest BCUT2D eigenvalue weighted by atomic mass is 9.85. The van der Waals surface area contributed by atoms with Gasteiger partial charge in [-0.15, -0.1) is 0 Å². The summed E-state index contributed by atoms with van der Waals surface area (Å²) in [7, 11) is -4.06. The molecule has 0 fully saturated rings. The Balaban J connectivity index is 2.08. The predicted molar refractivity (Wildman–Crippen MR) is 159 cm³/mol. The van der Waals surface area contributed by atoms with Gasteiger partial charge in [-0.25, -0.2) is 32.9 Å². The van der Waals surface area contributed by atoms with Crippen molar-refractivity contribution in [3.05, 3.63) is 82.6 Å². The molecule has 0 spiro atoms. The second-order valence-electron chi connectivity index (χ2n) is 11.5. The zero-order valence-corrected chi connectivity index (χ0v) is 26.3. The Labute approximate surface area is 249 Å². The molecule has 1 N–H and O–H groups in total. The van der Waals surface area contributed by atoms with E-state index in [-0.39, 0.29) is 23.9 Å². The topological polar surface area (TPSA) is 130 Å². The minimum Gasteiger partial charge on any atom is -0.480 e. The minimum atomic E-state index is -4.06. The van der Waals surface area contributed by atoms with E-state index in [0.717, 1.165) is 14.9 Å². The number of anilines is 1. The second kappa shape index (κ2) is 12.7. The van der Waals surface area contributed by atoms with Crippen molar-refractivity contribution in [2.75, 3.05) is 4.90 Å². The van der Waals surface area contributed by atoms with Gasteiger partial charge in [-0.1, -0.05) is 61.0 Å². The maximum atomic E-state index is 13.7. The third-order valence-corrected chi connectivity index (χ3v) is 8.03. The van der Waals surface area contributed by atoms with Crippen molar-refractivity contribution in [2.24, 2.45) is 5.41 Å². The molecule has 0 aliphatic carbocycles. The van der Waals surface area contributed by atoms with E-state index in [1.165, 1.54) is 22.6 Å². The van der Waals surface area contributed by atoms with Crippen molar-refractivity contribution < 1.29 is 27.9 Å². The first-order chi connectivity index (χ1) is 19.0. The van der Waals surface area contributed by atoms with E-state index < -0.39 is 39.1 Å². The van der Waals surface area contributed by atoms with Gasteiger partial charge < -0.3 is 9.84 Å². The molecule has 220 valence electrons. The number of carboxylic acids is 1. The molecule has 1 amide bonds. The summed E-state index contributed by atoms with van der Waals surface area (Å²) in [5.74, 6) is -1.21. The highest BCUT2D eigenvalue weighted by molar-refractivity contribution is 9.10. The molecule has 12 heteroatoms. The predicted octanol–water partition coefficient (Wildman–Crippen LogP) is 5.87. The molecule has 0 radical (unpaired) electrons. The number of aromatic nitrogens is 2. The highest BCUT2D eigenvalue weighted by Gasteiger charge is 2.42. The van der Waals surface area contributed by atoms with Crippen LogP contribution in [0.2, 0.25) is 0 Å². The molecule has 10 nitrogen and oxygen atoms in total. The summed E-state index contributed by atoms with van der Waals surface area (Å²) in [6, 6.07) is 15.3. The van der Waals surface area contributed by atoms with E-state index in [9.17, 15) is 23.1 Å². The monoisotopic (exact) mass is 646 g/mol. The number of carboxylic acid groups (broad SMARTS) is 1. The first-order valence-electron chi connectivity index (χ1n) is 12.9. The first-order valence-corrected chi connectivity index (χ1v) is 15.1. The lowest BCUT2D eigenvalue weighted by Crippen LogP contribution is -2.54. The van der Waals surface area contributed by atoms with Crippen molar-refractivity contribution in [3.63, 3.8) is 0 Å². The lowest BCUT2D eigenvalue weighted by molar-refractivity contribution is -0.141. The summed E-state index contributed by atoms with van der Waals surface area (Å²) >= 11 is 3.39. The molecule has 0 aliphatic rings. The zero-order chi connectivity index (χ0) is 30.6. The maximum absolute atomic E-state index is 13.7. The Kier molecular flexibility index (Phi) is 9.94. The molecule has 1 unspecified atom stereocenters. The zero-order valence-electron chi connectivity index (χ0n) is 23.9. The van der Waals surface area contributed by atoms with Crippen LogP contribution in [0.1, 0.15) is 52.8 Å². The Morgan fingerprint density at radius 3 is 2.15 bits per heavy atom. The molecule has 0 saturated carbocycles. The quantitative estimate of drug-likeness (QED) is 0.305. The van der Waals surface area contributed by atoms with Crippen molar-refractivity contribution >= 4 is 43.8 Å². The van der Waals surface area contributed by atoms with Crippen LogP contribution >= 0.6 is 15.9 Å². The number of hydrogen-bond donors (Lipinski definition) is 1. The molecule has 0 saturated heterocycles. The third kappa shape index (κ3) is 8.57. The van der Waals surface area contributed by atoms with E-state index >= 15 is 0 Å². The highest BCUT2D eigenvalue weighted by atomic mass is 79.9. The number of carbonyl (C=O) groups excluding carboxylic acids is 1. The Bertz CT molecular complexity index is 1470. The van der Waals surface area contributed by atoms with E-state index in [1.54, 1.807) is 77.9 Å². The Hall–Kier alpha value is -3.35. The summed E-state index contributed by atoms with van der Waals surface area (Å²) in [6.45, 7) is 10.0. The Morgan fingerprint density at radius 1 is 0.951 bits per heavy atom. The molecule has 2 heterocycles. The number of ether oxygens (including phenoxy) is 1. The summed E-state index contributed by atoms with van der Waals surface area (Å²) in [5, 5.41) is 10.0. The van der Waals surface area contributed by atoms with E-state index in [2.05, 4.69) is 25.9 Å². The number of carbonyl (C=O) groups is 2. The summed E-state index contributed by atoms with van der Waals surface area (Å²) in [4.78, 5) is 35.5. The summed E-state index contributed by atoms with van der Waals surface area (Å²) in [5.41, 5.74) is -0.758. The van der Waals surface area contributed by atoms with Gasteiger partial charge in [-0.05, 0) is 68.1 Å². The molecular formula is C29H35BrN4O6S. The van der Waals surface area contributed by atoms with Crippen LogP contribution in [-0.2, 0) is 32.6 Å². The minimum absolute atomic E-state index is 0.0214. The molecule has 1 atom stereocenters. The van der Waals surface area contributed by atoms with Crippen LogP contribution in [-0.4, -0.2) is 51.5 Å². The van der Waals surface area contributed by atoms with Crippen LogP contribution in [0.5, 0.6) is 0 Å². The molecule has 2 aromatic heterocycles. The normalized spacial score (nSPS) is 13.1. The largest absolute Gasteiger partial charge is 0.480 e. The van der Waals surface area contributed by atoms with Crippen LogP contribution in [0.25, 0.3) is 0 Å². The number of halogens is 1. The highest BCUT2D eigenvalue weighted by Crippen LogP contribution is 2.31. The van der Waals surface area contributed by atoms with Crippen LogP contribution in [0, 0.1) is 5.41 Å². The molecule has 3 aromatic rings. The van der Waals surface area contributed by atoms with Crippen LogP contribution in [0.3, 0.4) is 0 Å². The van der Waals surface area contributed by atoms with Crippen LogP contribution in [0.4, 0.5) is 10.6 Å². The molecule has 3 rings (SSSR count). The number of amides is 1. The van der Waals surface area contributed by atoms with Crippen molar-refractivity contribution in [2.45, 2.75) is 71.3 Å². The second-order valence-corrected chi connectivity index (χ2v) is 14.3. The molecule has 0 bridgehead atoms. The van der Waals surface area contributed by atoms with Crippen molar-refractivity contribution in [1.82, 2.24) is 14.3 Å².